The van der Waals surface area contributed by atoms with E-state index in [1.807, 2.05) is 17.7 Å². The average molecular weight is 337 g/mol. The van der Waals surface area contributed by atoms with Gasteiger partial charge in [0.2, 0.25) is 0 Å². The Labute approximate surface area is 138 Å². The molecule has 0 fully saturated rings. The van der Waals surface area contributed by atoms with Gasteiger partial charge in [-0.1, -0.05) is 30.1 Å². The first-order valence-corrected chi connectivity index (χ1v) is 7.68. The average Bonchev–Trinajstić information content (AvgIpc) is 3.11. The van der Waals surface area contributed by atoms with Gasteiger partial charge in [-0.05, 0) is 24.6 Å². The van der Waals surface area contributed by atoms with Crippen LogP contribution in [0.5, 0.6) is 0 Å². The summed E-state index contributed by atoms with van der Waals surface area (Å²) in [5.41, 5.74) is 1.44. The molecule has 1 unspecified atom stereocenters. The van der Waals surface area contributed by atoms with E-state index in [1.165, 1.54) is 5.01 Å². The van der Waals surface area contributed by atoms with Gasteiger partial charge in [0.15, 0.2) is 0 Å². The maximum atomic E-state index is 12.6. The van der Waals surface area contributed by atoms with Crippen LogP contribution >= 0.6 is 23.2 Å². The molecular formula is C15H14Cl2N4O. The predicted molar refractivity (Wildman–Crippen MR) is 87.4 cm³/mol. The molecule has 3 rings (SSSR count). The molecule has 2 aromatic rings. The van der Waals surface area contributed by atoms with E-state index in [0.29, 0.717) is 28.7 Å². The molecule has 7 heteroatoms. The third-order valence-corrected chi connectivity index (χ3v) is 4.34. The number of halogens is 2. The van der Waals surface area contributed by atoms with Crippen molar-refractivity contribution >= 4 is 40.5 Å². The zero-order valence-corrected chi connectivity index (χ0v) is 13.4. The molecular weight excluding hydrogens is 323 g/mol. The van der Waals surface area contributed by atoms with Crippen molar-refractivity contribution in [1.82, 2.24) is 9.55 Å². The monoisotopic (exact) mass is 336 g/mol. The summed E-state index contributed by atoms with van der Waals surface area (Å²) in [5, 5.41) is 6.74. The van der Waals surface area contributed by atoms with Gasteiger partial charge in [-0.15, -0.1) is 0 Å². The van der Waals surface area contributed by atoms with Crippen LogP contribution in [-0.4, -0.2) is 21.2 Å². The largest absolute Gasteiger partial charge is 0.332 e. The number of nitrogens with zero attached hydrogens (tertiary/aromatic N) is 4. The minimum Gasteiger partial charge on any atom is -0.332 e. The Kier molecular flexibility index (Phi) is 4.18. The molecule has 1 amide bonds. The van der Waals surface area contributed by atoms with Crippen molar-refractivity contribution in [2.45, 2.75) is 19.9 Å². The van der Waals surface area contributed by atoms with E-state index in [4.69, 9.17) is 23.2 Å². The molecule has 1 atom stereocenters. The highest BCUT2D eigenvalue weighted by atomic mass is 35.5. The lowest BCUT2D eigenvalue weighted by atomic mass is 10.0. The van der Waals surface area contributed by atoms with Gasteiger partial charge in [0.25, 0.3) is 5.91 Å². The number of rotatable bonds is 4. The van der Waals surface area contributed by atoms with Crippen LogP contribution in [0.2, 0.25) is 10.0 Å². The van der Waals surface area contributed by atoms with Gasteiger partial charge in [-0.2, -0.15) is 5.10 Å². The van der Waals surface area contributed by atoms with Crippen molar-refractivity contribution in [3.05, 3.63) is 47.0 Å². The Morgan fingerprint density at radius 2 is 2.09 bits per heavy atom. The Morgan fingerprint density at radius 3 is 2.73 bits per heavy atom. The number of carbonyl (C=O) groups excluding carboxylic acids is 1. The molecule has 1 aromatic carbocycles. The van der Waals surface area contributed by atoms with Gasteiger partial charge < -0.3 is 4.57 Å². The van der Waals surface area contributed by atoms with Crippen LogP contribution in [0, 0.1) is 5.92 Å². The van der Waals surface area contributed by atoms with Crippen molar-refractivity contribution in [3.8, 4) is 0 Å². The minimum atomic E-state index is -0.225. The van der Waals surface area contributed by atoms with Gasteiger partial charge in [0, 0.05) is 12.4 Å². The third kappa shape index (κ3) is 2.74. The van der Waals surface area contributed by atoms with Crippen LogP contribution in [-0.2, 0) is 11.3 Å². The molecule has 1 aliphatic heterocycles. The number of imidazole rings is 1. The summed E-state index contributed by atoms with van der Waals surface area (Å²) < 4.78 is 1.90. The molecule has 2 heterocycles. The molecule has 0 spiro atoms. The summed E-state index contributed by atoms with van der Waals surface area (Å²) in [5.74, 6) is -0.271. The smallest absolute Gasteiger partial charge is 0.256 e. The van der Waals surface area contributed by atoms with E-state index in [9.17, 15) is 4.79 Å². The molecule has 22 heavy (non-hydrogen) atoms. The zero-order valence-electron chi connectivity index (χ0n) is 11.9. The normalized spacial score (nSPS) is 18.0. The third-order valence-electron chi connectivity index (χ3n) is 3.60. The van der Waals surface area contributed by atoms with Crippen molar-refractivity contribution in [3.63, 3.8) is 0 Å². The number of hydrazone groups is 1. The molecule has 0 radical (unpaired) electrons. The highest BCUT2D eigenvalue weighted by molar-refractivity contribution is 6.42. The molecule has 0 saturated carbocycles. The minimum absolute atomic E-state index is 0.0454. The van der Waals surface area contributed by atoms with Gasteiger partial charge >= 0.3 is 0 Å². The Bertz CT molecular complexity index is 727. The summed E-state index contributed by atoms with van der Waals surface area (Å²) in [6, 6.07) is 5.05. The molecule has 0 aliphatic carbocycles. The molecule has 0 saturated heterocycles. The first-order valence-electron chi connectivity index (χ1n) is 6.92. The van der Waals surface area contributed by atoms with E-state index < -0.39 is 0 Å². The van der Waals surface area contributed by atoms with Crippen LogP contribution in [0.25, 0.3) is 0 Å². The number of carbonyl (C=O) groups is 1. The molecule has 114 valence electrons. The lowest BCUT2D eigenvalue weighted by molar-refractivity contribution is -0.119. The predicted octanol–water partition coefficient (Wildman–Crippen LogP) is 3.62. The number of benzene rings is 1. The van der Waals surface area contributed by atoms with Gasteiger partial charge in [0.05, 0.1) is 40.2 Å². The molecule has 5 nitrogen and oxygen atoms in total. The SMILES string of the molecule is CCC1C(=O)N(c2ccc(Cl)c(Cl)c2)N=C1Cn1ccnc1. The lowest BCUT2D eigenvalue weighted by Gasteiger charge is -2.14. The van der Waals surface area contributed by atoms with Crippen LogP contribution in [0.15, 0.2) is 42.0 Å². The second kappa shape index (κ2) is 6.10. The number of amides is 1. The molecule has 0 bridgehead atoms. The fourth-order valence-electron chi connectivity index (χ4n) is 2.46. The maximum Gasteiger partial charge on any atom is 0.256 e. The molecule has 1 aromatic heterocycles. The first kappa shape index (κ1) is 15.1. The van der Waals surface area contributed by atoms with Crippen LogP contribution < -0.4 is 5.01 Å². The van der Waals surface area contributed by atoms with Crippen LogP contribution in [0.1, 0.15) is 13.3 Å². The van der Waals surface area contributed by atoms with Gasteiger partial charge in [-0.25, -0.2) is 9.99 Å². The highest BCUT2D eigenvalue weighted by Gasteiger charge is 2.35. The summed E-state index contributed by atoms with van der Waals surface area (Å²) in [7, 11) is 0. The van der Waals surface area contributed by atoms with Crippen molar-refractivity contribution in [2.75, 3.05) is 5.01 Å². The highest BCUT2D eigenvalue weighted by Crippen LogP contribution is 2.31. The fraction of sp³-hybridized carbons (Fsp3) is 0.267. The summed E-state index contributed by atoms with van der Waals surface area (Å²) in [6.45, 7) is 2.52. The van der Waals surface area contributed by atoms with Gasteiger partial charge in [-0.3, -0.25) is 4.79 Å². The molecule has 0 N–H and O–H groups in total. The zero-order chi connectivity index (χ0) is 15.7. The number of anilines is 1. The van der Waals surface area contributed by atoms with Gasteiger partial charge in [0.1, 0.15) is 0 Å². The topological polar surface area (TPSA) is 50.5 Å². The van der Waals surface area contributed by atoms with Crippen LogP contribution in [0.3, 0.4) is 0 Å². The second-order valence-electron chi connectivity index (χ2n) is 5.04. The quantitative estimate of drug-likeness (QED) is 0.856. The van der Waals surface area contributed by atoms with E-state index in [1.54, 1.807) is 30.7 Å². The van der Waals surface area contributed by atoms with E-state index in [0.717, 1.165) is 5.71 Å². The first-order chi connectivity index (χ1) is 10.6. The second-order valence-corrected chi connectivity index (χ2v) is 5.85. The summed E-state index contributed by atoms with van der Waals surface area (Å²) in [4.78, 5) is 16.6. The number of hydrogen-bond acceptors (Lipinski definition) is 3. The Hall–Kier alpha value is -1.85. The van der Waals surface area contributed by atoms with E-state index >= 15 is 0 Å². The van der Waals surface area contributed by atoms with Crippen LogP contribution in [0.4, 0.5) is 5.69 Å². The Morgan fingerprint density at radius 1 is 1.27 bits per heavy atom. The summed E-state index contributed by atoms with van der Waals surface area (Å²) in [6.07, 6.45) is 5.96. The number of hydrogen-bond donors (Lipinski definition) is 0. The number of aromatic nitrogens is 2. The fourth-order valence-corrected chi connectivity index (χ4v) is 2.75. The standard InChI is InChI=1S/C15H14Cl2N4O/c1-2-11-14(8-20-6-5-18-9-20)19-21(15(11)22)10-3-4-12(16)13(17)7-10/h3-7,9,11H,2,8H2,1H3. The van der Waals surface area contributed by atoms with Crippen molar-refractivity contribution in [1.29, 1.82) is 0 Å². The maximum absolute atomic E-state index is 12.6. The lowest BCUT2D eigenvalue weighted by Crippen LogP contribution is -2.28. The van der Waals surface area contributed by atoms with E-state index in [2.05, 4.69) is 10.1 Å². The van der Waals surface area contributed by atoms with Crippen molar-refractivity contribution < 1.29 is 4.79 Å². The Balaban J connectivity index is 1.92. The van der Waals surface area contributed by atoms with Crippen molar-refractivity contribution in [2.24, 2.45) is 11.0 Å². The molecule has 1 aliphatic rings. The van der Waals surface area contributed by atoms with E-state index in [-0.39, 0.29) is 11.8 Å². The summed E-state index contributed by atoms with van der Waals surface area (Å²) >= 11 is 12.0.